The van der Waals surface area contributed by atoms with E-state index in [1.165, 1.54) is 11.3 Å². The monoisotopic (exact) mass is 302 g/mol. The molecule has 1 aliphatic rings. The topological polar surface area (TPSA) is 44.1 Å². The van der Waals surface area contributed by atoms with E-state index in [4.69, 9.17) is 28.5 Å². The molecule has 0 amide bonds. The molecular formula is C12H12Cl2N2OS. The third-order valence-electron chi connectivity index (χ3n) is 2.88. The molecule has 0 saturated heterocycles. The summed E-state index contributed by atoms with van der Waals surface area (Å²) in [5.41, 5.74) is 0.495. The SMILES string of the molecule is N#CCCN(CC(=O)c1cc(Cl)sc1Cl)C1CC1. The summed E-state index contributed by atoms with van der Waals surface area (Å²) in [6.45, 7) is 0.960. The lowest BCUT2D eigenvalue weighted by atomic mass is 10.2. The van der Waals surface area contributed by atoms with Crippen LogP contribution in [0.4, 0.5) is 0 Å². The molecule has 18 heavy (non-hydrogen) atoms. The van der Waals surface area contributed by atoms with Gasteiger partial charge in [-0.05, 0) is 18.9 Å². The van der Waals surface area contributed by atoms with Crippen molar-refractivity contribution in [3.05, 3.63) is 20.3 Å². The first-order valence-corrected chi connectivity index (χ1v) is 7.28. The molecule has 0 aromatic carbocycles. The molecule has 1 aromatic heterocycles. The fourth-order valence-electron chi connectivity index (χ4n) is 1.82. The molecule has 1 fully saturated rings. The van der Waals surface area contributed by atoms with Gasteiger partial charge in [0.2, 0.25) is 0 Å². The number of ketones is 1. The van der Waals surface area contributed by atoms with Crippen molar-refractivity contribution in [1.29, 1.82) is 5.26 Å². The van der Waals surface area contributed by atoms with Gasteiger partial charge in [0.05, 0.1) is 22.5 Å². The van der Waals surface area contributed by atoms with E-state index in [1.54, 1.807) is 6.07 Å². The predicted octanol–water partition coefficient (Wildman–Crippen LogP) is 3.62. The van der Waals surface area contributed by atoms with Gasteiger partial charge < -0.3 is 0 Å². The summed E-state index contributed by atoms with van der Waals surface area (Å²) in [4.78, 5) is 14.2. The molecule has 1 aromatic rings. The predicted molar refractivity (Wildman–Crippen MR) is 73.5 cm³/mol. The smallest absolute Gasteiger partial charge is 0.179 e. The average molecular weight is 303 g/mol. The molecule has 96 valence electrons. The second kappa shape index (κ2) is 6.03. The van der Waals surface area contributed by atoms with E-state index in [0.717, 1.165) is 12.8 Å². The average Bonchev–Trinajstić information content (AvgIpc) is 3.10. The summed E-state index contributed by atoms with van der Waals surface area (Å²) >= 11 is 13.0. The standard InChI is InChI=1S/C12H12Cl2N2OS/c13-11-6-9(12(14)18-11)10(17)7-16(5-1-4-15)8-2-3-8/h6,8H,1-3,5,7H2. The first-order chi connectivity index (χ1) is 8.61. The van der Waals surface area contributed by atoms with Crippen LogP contribution >= 0.6 is 34.5 Å². The molecule has 1 saturated carbocycles. The van der Waals surface area contributed by atoms with Crippen LogP contribution < -0.4 is 0 Å². The minimum absolute atomic E-state index is 0.0204. The molecule has 2 rings (SSSR count). The zero-order valence-electron chi connectivity index (χ0n) is 9.66. The highest BCUT2D eigenvalue weighted by atomic mass is 35.5. The van der Waals surface area contributed by atoms with Crippen LogP contribution in [0.25, 0.3) is 0 Å². The van der Waals surface area contributed by atoms with Crippen molar-refractivity contribution in [2.75, 3.05) is 13.1 Å². The Morgan fingerprint density at radius 1 is 1.56 bits per heavy atom. The Labute approximate surface area is 120 Å². The van der Waals surface area contributed by atoms with Crippen LogP contribution in [0.3, 0.4) is 0 Å². The van der Waals surface area contributed by atoms with E-state index in [1.807, 2.05) is 0 Å². The number of rotatable bonds is 6. The van der Waals surface area contributed by atoms with Crippen LogP contribution in [0, 0.1) is 11.3 Å². The Bertz CT molecular complexity index is 491. The van der Waals surface area contributed by atoms with Crippen LogP contribution in [0.1, 0.15) is 29.6 Å². The summed E-state index contributed by atoms with van der Waals surface area (Å²) < 4.78 is 0.972. The number of thiophene rings is 1. The summed E-state index contributed by atoms with van der Waals surface area (Å²) in [5, 5.41) is 8.62. The van der Waals surface area contributed by atoms with Gasteiger partial charge in [0.15, 0.2) is 5.78 Å². The van der Waals surface area contributed by atoms with E-state index in [9.17, 15) is 4.79 Å². The highest BCUT2D eigenvalue weighted by Gasteiger charge is 2.30. The van der Waals surface area contributed by atoms with Crippen molar-refractivity contribution in [1.82, 2.24) is 4.90 Å². The second-order valence-electron chi connectivity index (χ2n) is 4.27. The van der Waals surface area contributed by atoms with Crippen LogP contribution in [0.2, 0.25) is 8.67 Å². The number of hydrogen-bond donors (Lipinski definition) is 0. The Morgan fingerprint density at radius 3 is 2.78 bits per heavy atom. The first kappa shape index (κ1) is 13.8. The van der Waals surface area contributed by atoms with Gasteiger partial charge in [-0.15, -0.1) is 11.3 Å². The summed E-state index contributed by atoms with van der Waals surface area (Å²) in [6.07, 6.45) is 2.66. The van der Waals surface area contributed by atoms with Crippen LogP contribution in [-0.4, -0.2) is 29.8 Å². The summed E-state index contributed by atoms with van der Waals surface area (Å²) in [7, 11) is 0. The third-order valence-corrected chi connectivity index (χ3v) is 4.37. The maximum absolute atomic E-state index is 12.1. The van der Waals surface area contributed by atoms with Gasteiger partial charge in [-0.2, -0.15) is 5.26 Å². The number of carbonyl (C=O) groups excluding carboxylic acids is 1. The number of nitrogens with zero attached hydrogens (tertiary/aromatic N) is 2. The van der Waals surface area contributed by atoms with Crippen molar-refractivity contribution < 1.29 is 4.79 Å². The molecule has 0 N–H and O–H groups in total. The first-order valence-electron chi connectivity index (χ1n) is 5.71. The molecule has 6 heteroatoms. The van der Waals surface area contributed by atoms with E-state index in [2.05, 4.69) is 11.0 Å². The van der Waals surface area contributed by atoms with E-state index >= 15 is 0 Å². The highest BCUT2D eigenvalue weighted by molar-refractivity contribution is 7.20. The molecule has 0 unspecified atom stereocenters. The summed E-state index contributed by atoms with van der Waals surface area (Å²) in [6, 6.07) is 4.18. The normalized spacial score (nSPS) is 14.8. The van der Waals surface area contributed by atoms with Crippen LogP contribution in [-0.2, 0) is 0 Å². The van der Waals surface area contributed by atoms with Crippen molar-refractivity contribution >= 4 is 40.3 Å². The lowest BCUT2D eigenvalue weighted by Gasteiger charge is -2.19. The number of hydrogen-bond acceptors (Lipinski definition) is 4. The zero-order chi connectivity index (χ0) is 13.1. The minimum Gasteiger partial charge on any atom is -0.293 e. The fourth-order valence-corrected chi connectivity index (χ4v) is 3.32. The third kappa shape index (κ3) is 3.46. The van der Waals surface area contributed by atoms with Gasteiger partial charge >= 0.3 is 0 Å². The lowest BCUT2D eigenvalue weighted by Crippen LogP contribution is -2.32. The quantitative estimate of drug-likeness (QED) is 0.754. The molecule has 0 atom stereocenters. The molecular weight excluding hydrogens is 291 g/mol. The van der Waals surface area contributed by atoms with Gasteiger partial charge in [-0.3, -0.25) is 9.69 Å². The Kier molecular flexibility index (Phi) is 4.63. The molecule has 1 heterocycles. The highest BCUT2D eigenvalue weighted by Crippen LogP contribution is 2.32. The molecule has 1 aliphatic carbocycles. The molecule has 0 radical (unpaired) electrons. The molecule has 0 aliphatic heterocycles. The maximum Gasteiger partial charge on any atom is 0.179 e. The van der Waals surface area contributed by atoms with Crippen molar-refractivity contribution in [2.24, 2.45) is 0 Å². The van der Waals surface area contributed by atoms with Gasteiger partial charge in [-0.25, -0.2) is 0 Å². The number of halogens is 2. The Balaban J connectivity index is 2.00. The Morgan fingerprint density at radius 2 is 2.28 bits per heavy atom. The number of carbonyl (C=O) groups is 1. The van der Waals surface area contributed by atoms with Crippen molar-refractivity contribution in [3.63, 3.8) is 0 Å². The zero-order valence-corrected chi connectivity index (χ0v) is 12.0. The van der Waals surface area contributed by atoms with E-state index in [0.29, 0.717) is 39.8 Å². The molecule has 3 nitrogen and oxygen atoms in total. The van der Waals surface area contributed by atoms with Crippen molar-refractivity contribution in [3.8, 4) is 6.07 Å². The fraction of sp³-hybridized carbons (Fsp3) is 0.500. The van der Waals surface area contributed by atoms with Crippen LogP contribution in [0.15, 0.2) is 6.07 Å². The lowest BCUT2D eigenvalue weighted by molar-refractivity contribution is 0.0927. The largest absolute Gasteiger partial charge is 0.293 e. The van der Waals surface area contributed by atoms with Gasteiger partial charge in [0, 0.05) is 19.0 Å². The molecule has 0 spiro atoms. The summed E-state index contributed by atoms with van der Waals surface area (Å²) in [5.74, 6) is -0.0204. The number of nitriles is 1. The maximum atomic E-state index is 12.1. The minimum atomic E-state index is -0.0204. The number of Topliss-reactive ketones (excluding diaryl/α,β-unsaturated/α-hetero) is 1. The van der Waals surface area contributed by atoms with Crippen molar-refractivity contribution in [2.45, 2.75) is 25.3 Å². The van der Waals surface area contributed by atoms with Gasteiger partial charge in [0.25, 0.3) is 0 Å². The van der Waals surface area contributed by atoms with Gasteiger partial charge in [0.1, 0.15) is 4.34 Å². The van der Waals surface area contributed by atoms with Gasteiger partial charge in [-0.1, -0.05) is 23.2 Å². The Hall–Kier alpha value is -0.600. The van der Waals surface area contributed by atoms with E-state index < -0.39 is 0 Å². The van der Waals surface area contributed by atoms with E-state index in [-0.39, 0.29) is 5.78 Å². The molecule has 0 bridgehead atoms. The second-order valence-corrected chi connectivity index (χ2v) is 6.56. The van der Waals surface area contributed by atoms with Crippen LogP contribution in [0.5, 0.6) is 0 Å².